The number of carbonyl (C=O) groups excluding carboxylic acids is 4. The lowest BCUT2D eigenvalue weighted by Gasteiger charge is -2.35. The monoisotopic (exact) mass is 665 g/mol. The second kappa shape index (κ2) is 18.6. The van der Waals surface area contributed by atoms with E-state index in [2.05, 4.69) is 17.6 Å². The number of nitrogens with one attached hydrogen (secondary N) is 2. The van der Waals surface area contributed by atoms with Crippen LogP contribution < -0.4 is 10.6 Å². The Labute approximate surface area is 288 Å². The highest BCUT2D eigenvalue weighted by molar-refractivity contribution is 5.94. The first-order chi connectivity index (χ1) is 22.4. The molecule has 0 aromatic heterocycles. The predicted molar refractivity (Wildman–Crippen MR) is 190 cm³/mol. The summed E-state index contributed by atoms with van der Waals surface area (Å²) in [5, 5.41) is 5.64. The standard InChI is InChI=1S/C39H59N3O6/c1-11-12-13-14-15-19-25-42(35(44)29(4)40-37(46)48-39(8,9)10)33(31-24-20-21-27(2)28(31)3)34(43)41-32(36(45)47-38(5,6)7)26-30-22-17-16-18-23-30/h16-18,20-24,29,32-33H,11-15,19,25-26H2,1-10H3,(H,40,46)(H,41,43). The van der Waals surface area contributed by atoms with Crippen molar-refractivity contribution in [1.82, 2.24) is 15.5 Å². The van der Waals surface area contributed by atoms with Crippen LogP contribution in [0.25, 0.3) is 0 Å². The molecule has 0 aliphatic rings. The van der Waals surface area contributed by atoms with Crippen LogP contribution >= 0.6 is 0 Å². The number of aryl methyl sites for hydroxylation is 1. The van der Waals surface area contributed by atoms with Crippen molar-refractivity contribution >= 4 is 23.9 Å². The average Bonchev–Trinajstić information content (AvgIpc) is 2.98. The van der Waals surface area contributed by atoms with Crippen molar-refractivity contribution in [2.24, 2.45) is 0 Å². The maximum atomic E-state index is 14.6. The Kier molecular flexibility index (Phi) is 15.6. The minimum Gasteiger partial charge on any atom is -0.458 e. The summed E-state index contributed by atoms with van der Waals surface area (Å²) in [5.41, 5.74) is 1.81. The van der Waals surface area contributed by atoms with E-state index < -0.39 is 53.2 Å². The predicted octanol–water partition coefficient (Wildman–Crippen LogP) is 7.52. The van der Waals surface area contributed by atoms with E-state index in [1.807, 2.05) is 62.4 Å². The number of rotatable bonds is 16. The molecule has 266 valence electrons. The van der Waals surface area contributed by atoms with Gasteiger partial charge >= 0.3 is 12.1 Å². The van der Waals surface area contributed by atoms with E-state index in [1.54, 1.807) is 53.4 Å². The highest BCUT2D eigenvalue weighted by atomic mass is 16.6. The molecule has 3 unspecified atom stereocenters. The van der Waals surface area contributed by atoms with Crippen molar-refractivity contribution in [3.63, 3.8) is 0 Å². The van der Waals surface area contributed by atoms with Gasteiger partial charge in [0.1, 0.15) is 29.3 Å². The van der Waals surface area contributed by atoms with Gasteiger partial charge < -0.3 is 25.0 Å². The maximum Gasteiger partial charge on any atom is 0.408 e. The van der Waals surface area contributed by atoms with Crippen LogP contribution in [-0.4, -0.2) is 58.6 Å². The van der Waals surface area contributed by atoms with Crippen LogP contribution in [0.2, 0.25) is 0 Å². The molecule has 0 fully saturated rings. The van der Waals surface area contributed by atoms with Crippen molar-refractivity contribution in [3.8, 4) is 0 Å². The Morgan fingerprint density at radius 2 is 1.38 bits per heavy atom. The number of nitrogens with zero attached hydrogens (tertiary/aromatic N) is 1. The summed E-state index contributed by atoms with van der Waals surface area (Å²) in [6.07, 6.45) is 5.41. The van der Waals surface area contributed by atoms with E-state index in [0.29, 0.717) is 12.0 Å². The van der Waals surface area contributed by atoms with Gasteiger partial charge in [0.25, 0.3) is 0 Å². The molecular weight excluding hydrogens is 606 g/mol. The number of hydrogen-bond acceptors (Lipinski definition) is 6. The number of alkyl carbamates (subject to hydrolysis) is 1. The SMILES string of the molecule is CCCCCCCCN(C(=O)C(C)NC(=O)OC(C)(C)C)C(C(=O)NC(Cc1ccccc1)C(=O)OC(C)(C)C)c1cccc(C)c1C. The Bertz CT molecular complexity index is 1350. The number of carbonyl (C=O) groups is 4. The largest absolute Gasteiger partial charge is 0.458 e. The average molecular weight is 666 g/mol. The number of benzene rings is 2. The zero-order chi connectivity index (χ0) is 36.1. The molecule has 0 saturated carbocycles. The molecule has 3 atom stereocenters. The first-order valence-corrected chi connectivity index (χ1v) is 17.4. The van der Waals surface area contributed by atoms with Gasteiger partial charge in [0.2, 0.25) is 11.8 Å². The van der Waals surface area contributed by atoms with Crippen LogP contribution in [0, 0.1) is 13.8 Å². The van der Waals surface area contributed by atoms with Crippen molar-refractivity contribution in [3.05, 3.63) is 70.8 Å². The van der Waals surface area contributed by atoms with Crippen molar-refractivity contribution < 1.29 is 28.7 Å². The zero-order valence-electron chi connectivity index (χ0n) is 30.9. The van der Waals surface area contributed by atoms with Gasteiger partial charge in [0.05, 0.1) is 0 Å². The molecule has 0 aliphatic carbocycles. The Morgan fingerprint density at radius 1 is 0.771 bits per heavy atom. The van der Waals surface area contributed by atoms with Crippen LogP contribution in [0.15, 0.2) is 48.5 Å². The molecule has 3 amide bonds. The fraction of sp³-hybridized carbons (Fsp3) is 0.590. The summed E-state index contributed by atoms with van der Waals surface area (Å²) >= 11 is 0. The number of hydrogen-bond donors (Lipinski definition) is 2. The molecule has 9 nitrogen and oxygen atoms in total. The fourth-order valence-corrected chi connectivity index (χ4v) is 5.41. The summed E-state index contributed by atoms with van der Waals surface area (Å²) < 4.78 is 11.2. The van der Waals surface area contributed by atoms with Crippen LogP contribution in [-0.2, 0) is 30.3 Å². The third kappa shape index (κ3) is 13.7. The van der Waals surface area contributed by atoms with Crippen LogP contribution in [0.5, 0.6) is 0 Å². The van der Waals surface area contributed by atoms with Gasteiger partial charge in [-0.2, -0.15) is 0 Å². The van der Waals surface area contributed by atoms with Crippen LogP contribution in [0.1, 0.15) is 122 Å². The molecule has 2 rings (SSSR count). The molecule has 9 heteroatoms. The number of amides is 3. The molecule has 2 aromatic rings. The number of esters is 1. The van der Waals surface area contributed by atoms with E-state index in [4.69, 9.17) is 9.47 Å². The summed E-state index contributed by atoms with van der Waals surface area (Å²) in [4.78, 5) is 56.7. The molecule has 0 spiro atoms. The molecular formula is C39H59N3O6. The summed E-state index contributed by atoms with van der Waals surface area (Å²) in [7, 11) is 0. The first kappa shape index (κ1) is 40.3. The first-order valence-electron chi connectivity index (χ1n) is 17.4. The molecule has 2 aromatic carbocycles. The van der Waals surface area contributed by atoms with E-state index in [1.165, 1.54) is 0 Å². The second-order valence-electron chi connectivity index (χ2n) is 14.6. The lowest BCUT2D eigenvalue weighted by molar-refractivity contribution is -0.159. The van der Waals surface area contributed by atoms with Gasteiger partial charge in [0.15, 0.2) is 0 Å². The second-order valence-corrected chi connectivity index (χ2v) is 14.6. The summed E-state index contributed by atoms with van der Waals surface area (Å²) in [6.45, 7) is 18.5. The van der Waals surface area contributed by atoms with Crippen molar-refractivity contribution in [2.75, 3.05) is 6.54 Å². The van der Waals surface area contributed by atoms with Gasteiger partial charge in [-0.05, 0) is 91.0 Å². The maximum absolute atomic E-state index is 14.6. The topological polar surface area (TPSA) is 114 Å². The van der Waals surface area contributed by atoms with E-state index in [9.17, 15) is 19.2 Å². The van der Waals surface area contributed by atoms with Crippen LogP contribution in [0.3, 0.4) is 0 Å². The third-order valence-electron chi connectivity index (χ3n) is 7.93. The lowest BCUT2D eigenvalue weighted by Crippen LogP contribution is -2.54. The van der Waals surface area contributed by atoms with Crippen LogP contribution in [0.4, 0.5) is 4.79 Å². The van der Waals surface area contributed by atoms with Gasteiger partial charge in [0, 0.05) is 13.0 Å². The van der Waals surface area contributed by atoms with Crippen molar-refractivity contribution in [1.29, 1.82) is 0 Å². The molecule has 0 aliphatic heterocycles. The van der Waals surface area contributed by atoms with Gasteiger partial charge in [-0.3, -0.25) is 9.59 Å². The van der Waals surface area contributed by atoms with E-state index in [0.717, 1.165) is 48.8 Å². The summed E-state index contributed by atoms with van der Waals surface area (Å²) in [6, 6.07) is 12.0. The Balaban J connectivity index is 2.58. The lowest BCUT2D eigenvalue weighted by atomic mass is 9.94. The minimum atomic E-state index is -1.07. The highest BCUT2D eigenvalue weighted by Crippen LogP contribution is 2.28. The molecule has 0 bridgehead atoms. The molecule has 0 radical (unpaired) electrons. The number of unbranched alkanes of at least 4 members (excludes halogenated alkanes) is 5. The minimum absolute atomic E-state index is 0.211. The fourth-order valence-electron chi connectivity index (χ4n) is 5.41. The molecule has 2 N–H and O–H groups in total. The molecule has 0 heterocycles. The van der Waals surface area contributed by atoms with E-state index >= 15 is 0 Å². The normalized spacial score (nSPS) is 13.5. The third-order valence-corrected chi connectivity index (χ3v) is 7.93. The van der Waals surface area contributed by atoms with Crippen molar-refractivity contribution in [2.45, 2.75) is 144 Å². The number of ether oxygens (including phenoxy) is 2. The smallest absolute Gasteiger partial charge is 0.408 e. The Hall–Kier alpha value is -3.88. The highest BCUT2D eigenvalue weighted by Gasteiger charge is 2.38. The molecule has 48 heavy (non-hydrogen) atoms. The Morgan fingerprint density at radius 3 is 1.98 bits per heavy atom. The van der Waals surface area contributed by atoms with E-state index in [-0.39, 0.29) is 13.0 Å². The molecule has 0 saturated heterocycles. The quantitative estimate of drug-likeness (QED) is 0.142. The zero-order valence-corrected chi connectivity index (χ0v) is 30.9. The van der Waals surface area contributed by atoms with Gasteiger partial charge in [-0.15, -0.1) is 0 Å². The van der Waals surface area contributed by atoms with Gasteiger partial charge in [-0.25, -0.2) is 9.59 Å². The van der Waals surface area contributed by atoms with Gasteiger partial charge in [-0.1, -0.05) is 87.6 Å². The summed E-state index contributed by atoms with van der Waals surface area (Å²) in [5.74, 6) is -1.49.